The molecule has 2 rings (SSSR count). The first-order chi connectivity index (χ1) is 5.18. The number of nitrogens with zero attached hydrogens (tertiary/aromatic N) is 2. The molecule has 0 spiro atoms. The molecule has 1 heterocycles. The van der Waals surface area contributed by atoms with Crippen molar-refractivity contribution in [3.05, 3.63) is 12.4 Å². The van der Waals surface area contributed by atoms with Gasteiger partial charge in [0.05, 0.1) is 18.9 Å². The number of nitrogens with two attached hydrogens (primary N) is 1. The molecular formula is C7H11N3O. The predicted octanol–water partition coefficient (Wildman–Crippen LogP) is 0.0800. The molecule has 0 aliphatic heterocycles. The Kier molecular flexibility index (Phi) is 1.20. The molecule has 0 aromatic carbocycles. The summed E-state index contributed by atoms with van der Waals surface area (Å²) < 4.78 is 1.68. The molecule has 0 bridgehead atoms. The molecule has 1 fully saturated rings. The zero-order chi connectivity index (χ0) is 7.90. The molecule has 0 radical (unpaired) electrons. The maximum absolute atomic E-state index is 8.95. The van der Waals surface area contributed by atoms with E-state index >= 15 is 0 Å². The predicted molar refractivity (Wildman–Crippen MR) is 40.0 cm³/mol. The van der Waals surface area contributed by atoms with Crippen molar-refractivity contribution < 1.29 is 5.11 Å². The summed E-state index contributed by atoms with van der Waals surface area (Å²) in [6.07, 6.45) is 5.14. The summed E-state index contributed by atoms with van der Waals surface area (Å²) in [7, 11) is 0. The average Bonchev–Trinajstić information content (AvgIpc) is 2.49. The number of hydrogen-bond acceptors (Lipinski definition) is 3. The van der Waals surface area contributed by atoms with Crippen LogP contribution in [-0.2, 0) is 6.54 Å². The standard InChI is InChI=1S/C7H11N3O/c8-7(1-2-7)5-10-4-6(11)3-9-10/h3-4,11H,1-2,5,8H2. The summed E-state index contributed by atoms with van der Waals surface area (Å²) in [5, 5.41) is 12.9. The Morgan fingerprint density at radius 2 is 2.45 bits per heavy atom. The van der Waals surface area contributed by atoms with Crippen molar-refractivity contribution in [2.24, 2.45) is 5.73 Å². The Morgan fingerprint density at radius 1 is 1.73 bits per heavy atom. The fourth-order valence-electron chi connectivity index (χ4n) is 1.08. The van der Waals surface area contributed by atoms with E-state index in [-0.39, 0.29) is 11.3 Å². The molecule has 1 aromatic heterocycles. The minimum atomic E-state index is -0.0432. The topological polar surface area (TPSA) is 64.1 Å². The van der Waals surface area contributed by atoms with Gasteiger partial charge in [-0.1, -0.05) is 0 Å². The lowest BCUT2D eigenvalue weighted by Crippen LogP contribution is -2.28. The largest absolute Gasteiger partial charge is 0.505 e. The van der Waals surface area contributed by atoms with Gasteiger partial charge in [0.1, 0.15) is 0 Å². The van der Waals surface area contributed by atoms with Gasteiger partial charge in [-0.05, 0) is 12.8 Å². The van der Waals surface area contributed by atoms with E-state index in [9.17, 15) is 0 Å². The van der Waals surface area contributed by atoms with Gasteiger partial charge >= 0.3 is 0 Å². The monoisotopic (exact) mass is 153 g/mol. The molecule has 11 heavy (non-hydrogen) atoms. The minimum Gasteiger partial charge on any atom is -0.505 e. The van der Waals surface area contributed by atoms with Crippen LogP contribution in [-0.4, -0.2) is 20.4 Å². The van der Waals surface area contributed by atoms with Crippen molar-refractivity contribution in [1.29, 1.82) is 0 Å². The summed E-state index contributed by atoms with van der Waals surface area (Å²) in [4.78, 5) is 0. The molecule has 1 aromatic rings. The molecule has 0 atom stereocenters. The van der Waals surface area contributed by atoms with Crippen LogP contribution in [0.3, 0.4) is 0 Å². The molecule has 0 unspecified atom stereocenters. The molecule has 60 valence electrons. The van der Waals surface area contributed by atoms with Crippen molar-refractivity contribution in [1.82, 2.24) is 9.78 Å². The highest BCUT2D eigenvalue weighted by Gasteiger charge is 2.38. The molecule has 1 aliphatic carbocycles. The molecule has 4 heteroatoms. The Bertz CT molecular complexity index is 264. The van der Waals surface area contributed by atoms with Crippen molar-refractivity contribution in [2.45, 2.75) is 24.9 Å². The normalized spacial score (nSPS) is 20.1. The van der Waals surface area contributed by atoms with E-state index in [0.717, 1.165) is 12.8 Å². The van der Waals surface area contributed by atoms with Crippen molar-refractivity contribution in [3.8, 4) is 5.75 Å². The van der Waals surface area contributed by atoms with Crippen LogP contribution in [0.15, 0.2) is 12.4 Å². The summed E-state index contributed by atoms with van der Waals surface area (Å²) in [5.74, 6) is 0.203. The highest BCUT2D eigenvalue weighted by molar-refractivity contribution is 5.10. The van der Waals surface area contributed by atoms with Crippen LogP contribution in [0.2, 0.25) is 0 Å². The molecule has 1 saturated carbocycles. The fraction of sp³-hybridized carbons (Fsp3) is 0.571. The van der Waals surface area contributed by atoms with Gasteiger partial charge in [-0.3, -0.25) is 4.68 Å². The third kappa shape index (κ3) is 1.35. The Hall–Kier alpha value is -1.03. The van der Waals surface area contributed by atoms with Crippen LogP contribution >= 0.6 is 0 Å². The van der Waals surface area contributed by atoms with Crippen LogP contribution < -0.4 is 5.73 Å². The Morgan fingerprint density at radius 3 is 2.91 bits per heavy atom. The fourth-order valence-corrected chi connectivity index (χ4v) is 1.08. The summed E-state index contributed by atoms with van der Waals surface area (Å²) in [6, 6.07) is 0. The van der Waals surface area contributed by atoms with Gasteiger partial charge in [0.2, 0.25) is 0 Å². The SMILES string of the molecule is NC1(Cn2cc(O)cn2)CC1. The second-order valence-electron chi connectivity index (χ2n) is 3.26. The smallest absolute Gasteiger partial charge is 0.153 e. The number of aromatic hydroxyl groups is 1. The molecule has 1 aliphatic rings. The van der Waals surface area contributed by atoms with Crippen LogP contribution in [0.25, 0.3) is 0 Å². The summed E-state index contributed by atoms with van der Waals surface area (Å²) in [6.45, 7) is 0.716. The second kappa shape index (κ2) is 1.98. The summed E-state index contributed by atoms with van der Waals surface area (Å²) in [5.41, 5.74) is 5.80. The molecular weight excluding hydrogens is 142 g/mol. The lowest BCUT2D eigenvalue weighted by Gasteiger charge is -2.06. The zero-order valence-corrected chi connectivity index (χ0v) is 6.20. The first-order valence-electron chi connectivity index (χ1n) is 3.68. The first-order valence-corrected chi connectivity index (χ1v) is 3.68. The van der Waals surface area contributed by atoms with Gasteiger partial charge in [0.25, 0.3) is 0 Å². The second-order valence-corrected chi connectivity index (χ2v) is 3.26. The van der Waals surface area contributed by atoms with E-state index < -0.39 is 0 Å². The Labute approximate surface area is 64.6 Å². The van der Waals surface area contributed by atoms with E-state index in [4.69, 9.17) is 10.8 Å². The van der Waals surface area contributed by atoms with Crippen LogP contribution in [0.5, 0.6) is 5.75 Å². The first kappa shape index (κ1) is 6.67. The van der Waals surface area contributed by atoms with E-state index in [2.05, 4.69) is 5.10 Å². The van der Waals surface area contributed by atoms with E-state index in [1.165, 1.54) is 6.20 Å². The van der Waals surface area contributed by atoms with E-state index in [1.54, 1.807) is 10.9 Å². The third-order valence-corrected chi connectivity index (χ3v) is 1.99. The lowest BCUT2D eigenvalue weighted by atomic mass is 10.3. The van der Waals surface area contributed by atoms with Crippen molar-refractivity contribution in [2.75, 3.05) is 0 Å². The van der Waals surface area contributed by atoms with Gasteiger partial charge in [-0.25, -0.2) is 0 Å². The zero-order valence-electron chi connectivity index (χ0n) is 6.20. The van der Waals surface area contributed by atoms with Gasteiger partial charge in [-0.2, -0.15) is 5.10 Å². The van der Waals surface area contributed by atoms with Gasteiger partial charge < -0.3 is 10.8 Å². The third-order valence-electron chi connectivity index (χ3n) is 1.99. The number of hydrogen-bond donors (Lipinski definition) is 2. The van der Waals surface area contributed by atoms with Crippen molar-refractivity contribution >= 4 is 0 Å². The number of aromatic nitrogens is 2. The van der Waals surface area contributed by atoms with Crippen LogP contribution in [0, 0.1) is 0 Å². The van der Waals surface area contributed by atoms with Gasteiger partial charge in [0.15, 0.2) is 5.75 Å². The molecule has 3 N–H and O–H groups in total. The highest BCUT2D eigenvalue weighted by Crippen LogP contribution is 2.33. The number of rotatable bonds is 2. The lowest BCUT2D eigenvalue weighted by molar-refractivity contribution is 0.467. The maximum atomic E-state index is 8.95. The van der Waals surface area contributed by atoms with Gasteiger partial charge in [-0.15, -0.1) is 0 Å². The van der Waals surface area contributed by atoms with Gasteiger partial charge in [0, 0.05) is 5.54 Å². The highest BCUT2D eigenvalue weighted by atomic mass is 16.3. The Balaban J connectivity index is 2.06. The van der Waals surface area contributed by atoms with Crippen LogP contribution in [0.1, 0.15) is 12.8 Å². The summed E-state index contributed by atoms with van der Waals surface area (Å²) >= 11 is 0. The maximum Gasteiger partial charge on any atom is 0.153 e. The quantitative estimate of drug-likeness (QED) is 0.632. The van der Waals surface area contributed by atoms with E-state index in [1.807, 2.05) is 0 Å². The van der Waals surface area contributed by atoms with E-state index in [0.29, 0.717) is 6.54 Å². The average molecular weight is 153 g/mol. The molecule has 4 nitrogen and oxygen atoms in total. The van der Waals surface area contributed by atoms with Crippen LogP contribution in [0.4, 0.5) is 0 Å². The van der Waals surface area contributed by atoms with Crippen molar-refractivity contribution in [3.63, 3.8) is 0 Å². The molecule has 0 amide bonds. The minimum absolute atomic E-state index is 0.0432. The molecule has 0 saturated heterocycles.